The molecular weight excluding hydrogens is 230 g/mol. The molecule has 0 spiro atoms. The van der Waals surface area contributed by atoms with Crippen molar-refractivity contribution in [3.8, 4) is 0 Å². The van der Waals surface area contributed by atoms with Gasteiger partial charge in [0.1, 0.15) is 5.76 Å². The first-order valence-electron chi connectivity index (χ1n) is 6.37. The van der Waals surface area contributed by atoms with Crippen LogP contribution in [0.1, 0.15) is 43.2 Å². The minimum Gasteiger partial charge on any atom is -0.361 e. The van der Waals surface area contributed by atoms with Crippen molar-refractivity contribution >= 4 is 5.91 Å². The maximum atomic E-state index is 12.0. The number of hydrogen-bond donors (Lipinski definition) is 1. The van der Waals surface area contributed by atoms with Crippen LogP contribution >= 0.6 is 0 Å². The lowest BCUT2D eigenvalue weighted by Crippen LogP contribution is -2.33. The molecule has 1 amide bonds. The van der Waals surface area contributed by atoms with E-state index in [9.17, 15) is 4.79 Å². The Morgan fingerprint density at radius 1 is 1.50 bits per heavy atom. The Kier molecular flexibility index (Phi) is 5.34. The molecule has 0 saturated heterocycles. The van der Waals surface area contributed by atoms with E-state index < -0.39 is 0 Å². The zero-order valence-electron chi connectivity index (χ0n) is 11.7. The number of carbonyl (C=O) groups is 1. The van der Waals surface area contributed by atoms with Crippen molar-refractivity contribution in [1.82, 2.24) is 10.1 Å². The fourth-order valence-corrected chi connectivity index (χ4v) is 1.91. The minimum atomic E-state index is -0.0466. The van der Waals surface area contributed by atoms with Gasteiger partial charge in [-0.05, 0) is 20.3 Å². The van der Waals surface area contributed by atoms with Crippen LogP contribution in [0.4, 0.5) is 0 Å². The summed E-state index contributed by atoms with van der Waals surface area (Å²) in [5, 5.41) is 3.88. The Balaban J connectivity index is 2.55. The first-order valence-corrected chi connectivity index (χ1v) is 6.37. The van der Waals surface area contributed by atoms with Crippen molar-refractivity contribution in [3.05, 3.63) is 17.0 Å². The molecule has 0 aliphatic rings. The zero-order chi connectivity index (χ0) is 13.7. The van der Waals surface area contributed by atoms with Gasteiger partial charge in [-0.1, -0.05) is 18.5 Å². The van der Waals surface area contributed by atoms with Crippen molar-refractivity contribution < 1.29 is 9.32 Å². The highest BCUT2D eigenvalue weighted by Gasteiger charge is 2.17. The summed E-state index contributed by atoms with van der Waals surface area (Å²) in [6.45, 7) is 6.33. The molecule has 0 aliphatic carbocycles. The van der Waals surface area contributed by atoms with E-state index in [2.05, 4.69) is 12.1 Å². The Morgan fingerprint density at radius 2 is 2.17 bits per heavy atom. The van der Waals surface area contributed by atoms with Crippen molar-refractivity contribution in [1.29, 1.82) is 0 Å². The average Bonchev–Trinajstić information content (AvgIpc) is 2.60. The van der Waals surface area contributed by atoms with Crippen LogP contribution < -0.4 is 5.73 Å². The number of nitrogens with two attached hydrogens (primary N) is 1. The highest BCUT2D eigenvalue weighted by Crippen LogP contribution is 2.15. The molecule has 5 heteroatoms. The third kappa shape index (κ3) is 3.84. The molecule has 1 atom stereocenters. The fourth-order valence-electron chi connectivity index (χ4n) is 1.91. The molecule has 102 valence electrons. The van der Waals surface area contributed by atoms with E-state index in [0.29, 0.717) is 13.0 Å². The van der Waals surface area contributed by atoms with E-state index in [1.807, 2.05) is 13.8 Å². The maximum absolute atomic E-state index is 12.0. The van der Waals surface area contributed by atoms with Gasteiger partial charge in [0, 0.05) is 25.1 Å². The summed E-state index contributed by atoms with van der Waals surface area (Å²) in [4.78, 5) is 13.7. The van der Waals surface area contributed by atoms with Gasteiger partial charge in [-0.3, -0.25) is 4.79 Å². The van der Waals surface area contributed by atoms with Crippen molar-refractivity contribution in [3.63, 3.8) is 0 Å². The topological polar surface area (TPSA) is 72.4 Å². The van der Waals surface area contributed by atoms with Crippen LogP contribution in [0.3, 0.4) is 0 Å². The van der Waals surface area contributed by atoms with Crippen LogP contribution in [-0.2, 0) is 11.3 Å². The molecule has 0 bridgehead atoms. The van der Waals surface area contributed by atoms with Gasteiger partial charge in [-0.2, -0.15) is 0 Å². The van der Waals surface area contributed by atoms with Crippen molar-refractivity contribution in [2.75, 3.05) is 7.05 Å². The first-order chi connectivity index (χ1) is 8.45. The molecule has 1 heterocycles. The number of carbonyl (C=O) groups excluding carboxylic acids is 1. The van der Waals surface area contributed by atoms with Crippen LogP contribution in [0, 0.1) is 13.8 Å². The summed E-state index contributed by atoms with van der Waals surface area (Å²) in [5.41, 5.74) is 7.70. The van der Waals surface area contributed by atoms with Crippen LogP contribution in [0.25, 0.3) is 0 Å². The molecule has 1 rings (SSSR count). The van der Waals surface area contributed by atoms with Crippen LogP contribution in [0.5, 0.6) is 0 Å². The summed E-state index contributed by atoms with van der Waals surface area (Å²) in [5.74, 6) is 0.834. The minimum absolute atomic E-state index is 0.0466. The molecule has 0 saturated carbocycles. The fraction of sp³-hybridized carbons (Fsp3) is 0.692. The van der Waals surface area contributed by atoms with E-state index in [1.165, 1.54) is 0 Å². The molecule has 2 N–H and O–H groups in total. The Hall–Kier alpha value is -1.36. The average molecular weight is 253 g/mol. The predicted molar refractivity (Wildman–Crippen MR) is 70.0 cm³/mol. The molecule has 0 aliphatic heterocycles. The summed E-state index contributed by atoms with van der Waals surface area (Å²) < 4.78 is 5.08. The molecule has 1 aromatic rings. The standard InChI is InChI=1S/C13H23N3O2/c1-5-6-11(14)7-13(17)16(4)8-12-9(2)15-18-10(12)3/h11H,5-8,14H2,1-4H3. The normalized spacial score (nSPS) is 12.5. The number of rotatable bonds is 6. The van der Waals surface area contributed by atoms with Gasteiger partial charge in [0.05, 0.1) is 12.2 Å². The van der Waals surface area contributed by atoms with Crippen LogP contribution in [0.15, 0.2) is 4.52 Å². The van der Waals surface area contributed by atoms with Gasteiger partial charge in [0.15, 0.2) is 0 Å². The lowest BCUT2D eigenvalue weighted by atomic mass is 10.1. The largest absolute Gasteiger partial charge is 0.361 e. The van der Waals surface area contributed by atoms with Crippen molar-refractivity contribution in [2.45, 2.75) is 52.6 Å². The third-order valence-electron chi connectivity index (χ3n) is 3.10. The third-order valence-corrected chi connectivity index (χ3v) is 3.10. The van der Waals surface area contributed by atoms with Gasteiger partial charge >= 0.3 is 0 Å². The monoisotopic (exact) mass is 253 g/mol. The maximum Gasteiger partial charge on any atom is 0.224 e. The second kappa shape index (κ2) is 6.54. The molecule has 0 fully saturated rings. The number of hydrogen-bond acceptors (Lipinski definition) is 4. The smallest absolute Gasteiger partial charge is 0.224 e. The van der Waals surface area contributed by atoms with Gasteiger partial charge in [-0.25, -0.2) is 0 Å². The van der Waals surface area contributed by atoms with Crippen molar-refractivity contribution in [2.24, 2.45) is 5.73 Å². The highest BCUT2D eigenvalue weighted by molar-refractivity contribution is 5.76. The predicted octanol–water partition coefficient (Wildman–Crippen LogP) is 1.77. The summed E-state index contributed by atoms with van der Waals surface area (Å²) >= 11 is 0. The molecular formula is C13H23N3O2. The molecule has 0 aromatic carbocycles. The van der Waals surface area contributed by atoms with E-state index in [1.54, 1.807) is 11.9 Å². The second-order valence-corrected chi connectivity index (χ2v) is 4.81. The Morgan fingerprint density at radius 3 is 2.67 bits per heavy atom. The molecule has 1 aromatic heterocycles. The molecule has 0 radical (unpaired) electrons. The van der Waals surface area contributed by atoms with E-state index in [-0.39, 0.29) is 11.9 Å². The second-order valence-electron chi connectivity index (χ2n) is 4.81. The summed E-state index contributed by atoms with van der Waals surface area (Å²) in [6, 6.07) is -0.0466. The number of amides is 1. The van der Waals surface area contributed by atoms with Gasteiger partial charge in [-0.15, -0.1) is 0 Å². The van der Waals surface area contributed by atoms with Gasteiger partial charge in [0.25, 0.3) is 0 Å². The number of aromatic nitrogens is 1. The molecule has 1 unspecified atom stereocenters. The Labute approximate surface area is 108 Å². The Bertz CT molecular complexity index is 381. The van der Waals surface area contributed by atoms with Gasteiger partial charge in [0.2, 0.25) is 5.91 Å². The molecule has 18 heavy (non-hydrogen) atoms. The SMILES string of the molecule is CCCC(N)CC(=O)N(C)Cc1c(C)noc1C. The number of aryl methyl sites for hydroxylation is 2. The lowest BCUT2D eigenvalue weighted by Gasteiger charge is -2.19. The highest BCUT2D eigenvalue weighted by atomic mass is 16.5. The van der Waals surface area contributed by atoms with Crippen LogP contribution in [0.2, 0.25) is 0 Å². The van der Waals surface area contributed by atoms with E-state index >= 15 is 0 Å². The van der Waals surface area contributed by atoms with E-state index in [4.69, 9.17) is 10.3 Å². The van der Waals surface area contributed by atoms with E-state index in [0.717, 1.165) is 29.9 Å². The van der Waals surface area contributed by atoms with Crippen LogP contribution in [-0.4, -0.2) is 29.1 Å². The lowest BCUT2D eigenvalue weighted by molar-refractivity contribution is -0.130. The molecule has 5 nitrogen and oxygen atoms in total. The quantitative estimate of drug-likeness (QED) is 0.838. The number of nitrogens with zero attached hydrogens (tertiary/aromatic N) is 2. The summed E-state index contributed by atoms with van der Waals surface area (Å²) in [7, 11) is 1.78. The zero-order valence-corrected chi connectivity index (χ0v) is 11.7. The first kappa shape index (κ1) is 14.7. The van der Waals surface area contributed by atoms with Gasteiger partial charge < -0.3 is 15.2 Å². The summed E-state index contributed by atoms with van der Waals surface area (Å²) in [6.07, 6.45) is 2.28.